The molecular formula is C16H20N4O2S3. The molecule has 0 bridgehead atoms. The molecule has 0 saturated heterocycles. The third-order valence-electron chi connectivity index (χ3n) is 4.70. The van der Waals surface area contributed by atoms with Crippen LogP contribution in [-0.4, -0.2) is 35.8 Å². The number of anilines is 1. The molecule has 1 aromatic carbocycles. The van der Waals surface area contributed by atoms with Gasteiger partial charge in [0.25, 0.3) is 0 Å². The summed E-state index contributed by atoms with van der Waals surface area (Å²) in [7, 11) is -1.93. The zero-order valence-electron chi connectivity index (χ0n) is 14.2. The van der Waals surface area contributed by atoms with Crippen molar-refractivity contribution < 1.29 is 8.42 Å². The van der Waals surface area contributed by atoms with E-state index in [1.165, 1.54) is 22.1 Å². The van der Waals surface area contributed by atoms with Crippen molar-refractivity contribution in [2.45, 2.75) is 45.1 Å². The van der Waals surface area contributed by atoms with Gasteiger partial charge in [-0.05, 0) is 31.9 Å². The Hall–Kier alpha value is -1.29. The van der Waals surface area contributed by atoms with Crippen molar-refractivity contribution in [2.75, 3.05) is 11.8 Å². The lowest BCUT2D eigenvalue weighted by molar-refractivity contribution is 0.287. The number of rotatable bonds is 4. The van der Waals surface area contributed by atoms with Gasteiger partial charge in [0.1, 0.15) is 0 Å². The first-order valence-corrected chi connectivity index (χ1v) is 11.4. The zero-order chi connectivity index (χ0) is 17.6. The lowest BCUT2D eigenvalue weighted by Crippen LogP contribution is -2.41. The fourth-order valence-corrected chi connectivity index (χ4v) is 6.71. The molecular weight excluding hydrogens is 376 g/mol. The van der Waals surface area contributed by atoms with Crippen molar-refractivity contribution in [3.8, 4) is 0 Å². The number of benzene rings is 1. The summed E-state index contributed by atoms with van der Waals surface area (Å²) >= 11 is 2.99. The summed E-state index contributed by atoms with van der Waals surface area (Å²) in [5.74, 6) is 0. The van der Waals surface area contributed by atoms with Crippen LogP contribution in [0.2, 0.25) is 0 Å². The van der Waals surface area contributed by atoms with Crippen molar-refractivity contribution in [1.82, 2.24) is 14.3 Å². The van der Waals surface area contributed by atoms with Crippen molar-refractivity contribution in [3.05, 3.63) is 17.1 Å². The number of fused-ring (bicyclic) bond motifs is 3. The standard InChI is InChI=1S/C16H20N4O2S3/c1-10-17-12-8-9-13-15(14(12)23-10)24-16(18-13)19-25(21,22)20(2)11-6-4-3-5-7-11/h8-9,11H,3-7H2,1-2H3,(H,18,19). The summed E-state index contributed by atoms with van der Waals surface area (Å²) in [6.45, 7) is 1.97. The van der Waals surface area contributed by atoms with Gasteiger partial charge in [-0.2, -0.15) is 12.7 Å². The first-order chi connectivity index (χ1) is 11.9. The minimum absolute atomic E-state index is 0.0801. The molecule has 0 atom stereocenters. The van der Waals surface area contributed by atoms with E-state index in [-0.39, 0.29) is 6.04 Å². The Kier molecular flexibility index (Phi) is 4.43. The molecule has 2 heterocycles. The molecule has 1 fully saturated rings. The van der Waals surface area contributed by atoms with Gasteiger partial charge in [-0.15, -0.1) is 11.3 Å². The molecule has 0 radical (unpaired) electrons. The quantitative estimate of drug-likeness (QED) is 0.719. The molecule has 25 heavy (non-hydrogen) atoms. The number of aromatic nitrogens is 2. The number of thiazole rings is 2. The van der Waals surface area contributed by atoms with Crippen LogP contribution in [0.5, 0.6) is 0 Å². The lowest BCUT2D eigenvalue weighted by Gasteiger charge is -2.30. The van der Waals surface area contributed by atoms with Crippen LogP contribution >= 0.6 is 22.7 Å². The van der Waals surface area contributed by atoms with Crippen molar-refractivity contribution in [2.24, 2.45) is 0 Å². The Bertz CT molecular complexity index is 1020. The lowest BCUT2D eigenvalue weighted by atomic mass is 9.96. The van der Waals surface area contributed by atoms with Gasteiger partial charge in [0.2, 0.25) is 0 Å². The highest BCUT2D eigenvalue weighted by molar-refractivity contribution is 7.90. The Morgan fingerprint density at radius 2 is 1.72 bits per heavy atom. The van der Waals surface area contributed by atoms with Crippen LogP contribution in [0.15, 0.2) is 12.1 Å². The van der Waals surface area contributed by atoms with Crippen molar-refractivity contribution in [3.63, 3.8) is 0 Å². The van der Waals surface area contributed by atoms with E-state index in [0.29, 0.717) is 5.13 Å². The van der Waals surface area contributed by atoms with Gasteiger partial charge in [-0.25, -0.2) is 14.7 Å². The Morgan fingerprint density at radius 3 is 2.44 bits per heavy atom. The van der Waals surface area contributed by atoms with E-state index in [2.05, 4.69) is 14.7 Å². The summed E-state index contributed by atoms with van der Waals surface area (Å²) in [6, 6.07) is 3.92. The van der Waals surface area contributed by atoms with E-state index in [1.807, 2.05) is 19.1 Å². The number of aryl methyl sites for hydroxylation is 1. The number of nitrogens with one attached hydrogen (secondary N) is 1. The average molecular weight is 397 g/mol. The maximum atomic E-state index is 12.7. The molecule has 1 aliphatic carbocycles. The topological polar surface area (TPSA) is 75.2 Å². The van der Waals surface area contributed by atoms with Gasteiger partial charge < -0.3 is 0 Å². The van der Waals surface area contributed by atoms with Gasteiger partial charge in [-0.3, -0.25) is 0 Å². The molecule has 1 saturated carbocycles. The van der Waals surface area contributed by atoms with Crippen LogP contribution < -0.4 is 4.72 Å². The van der Waals surface area contributed by atoms with Crippen molar-refractivity contribution >= 4 is 58.4 Å². The Morgan fingerprint density at radius 1 is 1.08 bits per heavy atom. The number of hydrogen-bond acceptors (Lipinski definition) is 6. The van der Waals surface area contributed by atoms with Gasteiger partial charge >= 0.3 is 10.2 Å². The van der Waals surface area contributed by atoms with Crippen LogP contribution in [0, 0.1) is 6.92 Å². The smallest absolute Gasteiger partial charge is 0.246 e. The zero-order valence-corrected chi connectivity index (χ0v) is 16.6. The molecule has 6 nitrogen and oxygen atoms in total. The average Bonchev–Trinajstić information content (AvgIpc) is 3.16. The first-order valence-electron chi connectivity index (χ1n) is 8.36. The predicted molar refractivity (Wildman–Crippen MR) is 105 cm³/mol. The van der Waals surface area contributed by atoms with E-state index >= 15 is 0 Å². The highest BCUT2D eigenvalue weighted by atomic mass is 32.2. The summed E-state index contributed by atoms with van der Waals surface area (Å²) in [6.07, 6.45) is 5.23. The Labute approximate surface area is 155 Å². The number of nitrogens with zero attached hydrogens (tertiary/aromatic N) is 3. The van der Waals surface area contributed by atoms with Crippen molar-refractivity contribution in [1.29, 1.82) is 0 Å². The van der Waals surface area contributed by atoms with Crippen LogP contribution in [-0.2, 0) is 10.2 Å². The van der Waals surface area contributed by atoms with Crippen LogP contribution in [0.3, 0.4) is 0 Å². The summed E-state index contributed by atoms with van der Waals surface area (Å²) in [4.78, 5) is 8.95. The molecule has 1 N–H and O–H groups in total. The molecule has 2 aromatic heterocycles. The molecule has 9 heteroatoms. The molecule has 3 aromatic rings. The number of hydrogen-bond donors (Lipinski definition) is 1. The third-order valence-corrected chi connectivity index (χ3v) is 8.48. The molecule has 0 aliphatic heterocycles. The summed E-state index contributed by atoms with van der Waals surface area (Å²) in [5, 5.41) is 1.41. The second kappa shape index (κ2) is 6.46. The Balaban J connectivity index is 1.64. The minimum Gasteiger partial charge on any atom is -0.246 e. The minimum atomic E-state index is -3.59. The molecule has 1 aliphatic rings. The van der Waals surface area contributed by atoms with Gasteiger partial charge in [0.05, 0.1) is 25.4 Å². The molecule has 0 amide bonds. The van der Waals surface area contributed by atoms with Gasteiger partial charge in [0, 0.05) is 13.1 Å². The van der Waals surface area contributed by atoms with Gasteiger partial charge in [-0.1, -0.05) is 30.6 Å². The maximum Gasteiger partial charge on any atom is 0.303 e. The monoisotopic (exact) mass is 396 g/mol. The fraction of sp³-hybridized carbons (Fsp3) is 0.500. The van der Waals surface area contributed by atoms with E-state index in [9.17, 15) is 8.42 Å². The predicted octanol–water partition coefficient (Wildman–Crippen LogP) is 4.14. The summed E-state index contributed by atoms with van der Waals surface area (Å²) < 4.78 is 31.6. The van der Waals surface area contributed by atoms with Crippen LogP contribution in [0.25, 0.3) is 20.4 Å². The van der Waals surface area contributed by atoms with E-state index in [1.54, 1.807) is 18.4 Å². The van der Waals surface area contributed by atoms with Crippen LogP contribution in [0.4, 0.5) is 5.13 Å². The molecule has 0 unspecified atom stereocenters. The first kappa shape index (κ1) is 17.1. The van der Waals surface area contributed by atoms with Gasteiger partial charge in [0.15, 0.2) is 5.13 Å². The SMILES string of the molecule is Cc1nc2ccc3nc(NS(=O)(=O)N(C)C4CCCCC4)sc3c2s1. The molecule has 4 rings (SSSR count). The van der Waals surface area contributed by atoms with E-state index in [4.69, 9.17) is 0 Å². The largest absolute Gasteiger partial charge is 0.303 e. The third kappa shape index (κ3) is 3.25. The second-order valence-corrected chi connectivity index (χ2v) is 10.4. The highest BCUT2D eigenvalue weighted by Crippen LogP contribution is 2.36. The van der Waals surface area contributed by atoms with E-state index < -0.39 is 10.2 Å². The summed E-state index contributed by atoms with van der Waals surface area (Å²) in [5.41, 5.74) is 1.74. The highest BCUT2D eigenvalue weighted by Gasteiger charge is 2.28. The molecule has 134 valence electrons. The second-order valence-electron chi connectivity index (χ2n) is 6.43. The molecule has 0 spiro atoms. The normalized spacial score (nSPS) is 16.9. The van der Waals surface area contributed by atoms with E-state index in [0.717, 1.165) is 51.1 Å². The van der Waals surface area contributed by atoms with Crippen LogP contribution in [0.1, 0.15) is 37.1 Å². The maximum absolute atomic E-state index is 12.7. The fourth-order valence-electron chi connectivity index (χ4n) is 3.35.